The molecule has 0 aromatic heterocycles. The summed E-state index contributed by atoms with van der Waals surface area (Å²) in [6, 6.07) is 23.1. The van der Waals surface area contributed by atoms with E-state index in [0.29, 0.717) is 28.5 Å². The monoisotopic (exact) mass is 438 g/mol. The Morgan fingerprint density at radius 2 is 1.67 bits per heavy atom. The lowest BCUT2D eigenvalue weighted by Gasteiger charge is -2.04. The van der Waals surface area contributed by atoms with Crippen molar-refractivity contribution < 1.29 is 14.3 Å². The third-order valence-corrected chi connectivity index (χ3v) is 5.18. The van der Waals surface area contributed by atoms with Gasteiger partial charge in [0.05, 0.1) is 11.8 Å². The standard InChI is InChI=1S/C23H19ClN2O3S/c24-19-8-12-21(13-9-19)30-15-14-22(27)26-25-16-17-6-10-20(11-7-17)29-23(28)18-4-2-1-3-5-18/h1-13,16H,14-15H2,(H,26,27)/b25-16+. The normalized spacial score (nSPS) is 10.7. The molecule has 0 fully saturated rings. The van der Waals surface area contributed by atoms with E-state index in [1.54, 1.807) is 60.3 Å². The number of thioether (sulfide) groups is 1. The van der Waals surface area contributed by atoms with Crippen LogP contribution in [-0.4, -0.2) is 23.8 Å². The zero-order valence-electron chi connectivity index (χ0n) is 16.0. The molecule has 0 aliphatic rings. The fourth-order valence-electron chi connectivity index (χ4n) is 2.39. The third kappa shape index (κ3) is 7.06. The van der Waals surface area contributed by atoms with Gasteiger partial charge in [-0.05, 0) is 66.2 Å². The van der Waals surface area contributed by atoms with Crippen molar-refractivity contribution in [2.24, 2.45) is 5.10 Å². The molecule has 0 saturated heterocycles. The lowest BCUT2D eigenvalue weighted by atomic mass is 10.2. The summed E-state index contributed by atoms with van der Waals surface area (Å²) in [4.78, 5) is 25.0. The molecule has 3 aromatic rings. The van der Waals surface area contributed by atoms with E-state index in [4.69, 9.17) is 16.3 Å². The first-order valence-corrected chi connectivity index (χ1v) is 10.5. The maximum Gasteiger partial charge on any atom is 0.343 e. The molecule has 30 heavy (non-hydrogen) atoms. The zero-order chi connectivity index (χ0) is 21.2. The molecule has 0 aliphatic carbocycles. The molecule has 0 unspecified atom stereocenters. The van der Waals surface area contributed by atoms with Crippen LogP contribution in [0.2, 0.25) is 5.02 Å². The highest BCUT2D eigenvalue weighted by Gasteiger charge is 2.07. The van der Waals surface area contributed by atoms with Gasteiger partial charge in [0.25, 0.3) is 0 Å². The molecule has 0 heterocycles. The van der Waals surface area contributed by atoms with Gasteiger partial charge in [-0.2, -0.15) is 5.10 Å². The number of nitrogens with one attached hydrogen (secondary N) is 1. The minimum atomic E-state index is -0.416. The lowest BCUT2D eigenvalue weighted by Crippen LogP contribution is -2.17. The molecule has 0 radical (unpaired) electrons. The minimum Gasteiger partial charge on any atom is -0.423 e. The fraction of sp³-hybridized carbons (Fsp3) is 0.0870. The number of carbonyl (C=O) groups is 2. The summed E-state index contributed by atoms with van der Waals surface area (Å²) in [5.41, 5.74) is 3.76. The van der Waals surface area contributed by atoms with Crippen LogP contribution in [0.3, 0.4) is 0 Å². The molecule has 0 saturated carbocycles. The minimum absolute atomic E-state index is 0.166. The number of carbonyl (C=O) groups excluding carboxylic acids is 2. The van der Waals surface area contributed by atoms with Crippen molar-refractivity contribution in [1.82, 2.24) is 5.43 Å². The van der Waals surface area contributed by atoms with Crippen molar-refractivity contribution in [3.05, 3.63) is 95.0 Å². The number of esters is 1. The highest BCUT2D eigenvalue weighted by atomic mass is 35.5. The van der Waals surface area contributed by atoms with E-state index in [-0.39, 0.29) is 5.91 Å². The number of nitrogens with zero attached hydrogens (tertiary/aromatic N) is 1. The zero-order valence-corrected chi connectivity index (χ0v) is 17.5. The smallest absolute Gasteiger partial charge is 0.343 e. The van der Waals surface area contributed by atoms with Crippen molar-refractivity contribution in [1.29, 1.82) is 0 Å². The van der Waals surface area contributed by atoms with Crippen LogP contribution in [-0.2, 0) is 4.79 Å². The predicted octanol–water partition coefficient (Wildman–Crippen LogP) is 5.19. The Balaban J connectivity index is 1.40. The highest BCUT2D eigenvalue weighted by Crippen LogP contribution is 2.20. The highest BCUT2D eigenvalue weighted by molar-refractivity contribution is 7.99. The van der Waals surface area contributed by atoms with Crippen LogP contribution in [0.15, 0.2) is 88.9 Å². The van der Waals surface area contributed by atoms with Gasteiger partial charge >= 0.3 is 5.97 Å². The molecule has 0 spiro atoms. The summed E-state index contributed by atoms with van der Waals surface area (Å²) in [7, 11) is 0. The van der Waals surface area contributed by atoms with Crippen LogP contribution >= 0.6 is 23.4 Å². The Morgan fingerprint density at radius 3 is 2.37 bits per heavy atom. The van der Waals surface area contributed by atoms with E-state index in [2.05, 4.69) is 10.5 Å². The Kier molecular flexibility index (Phi) is 8.06. The molecule has 0 bridgehead atoms. The number of benzene rings is 3. The number of halogens is 1. The Hall–Kier alpha value is -3.09. The molecule has 7 heteroatoms. The van der Waals surface area contributed by atoms with Gasteiger partial charge in [0.1, 0.15) is 5.75 Å². The predicted molar refractivity (Wildman–Crippen MR) is 120 cm³/mol. The quantitative estimate of drug-likeness (QED) is 0.173. The molecule has 3 rings (SSSR count). The molecular weight excluding hydrogens is 420 g/mol. The molecular formula is C23H19ClN2O3S. The molecule has 0 aliphatic heterocycles. The van der Waals surface area contributed by atoms with E-state index >= 15 is 0 Å². The van der Waals surface area contributed by atoms with Crippen LogP contribution < -0.4 is 10.2 Å². The van der Waals surface area contributed by atoms with Crippen LogP contribution in [0.5, 0.6) is 5.75 Å². The fourth-order valence-corrected chi connectivity index (χ4v) is 3.37. The van der Waals surface area contributed by atoms with Crippen molar-refractivity contribution in [3.63, 3.8) is 0 Å². The summed E-state index contributed by atoms with van der Waals surface area (Å²) in [6.45, 7) is 0. The first-order valence-electron chi connectivity index (χ1n) is 9.18. The van der Waals surface area contributed by atoms with E-state index in [1.807, 2.05) is 30.3 Å². The van der Waals surface area contributed by atoms with Gasteiger partial charge in [-0.25, -0.2) is 10.2 Å². The molecule has 3 aromatic carbocycles. The van der Waals surface area contributed by atoms with Gasteiger partial charge in [-0.1, -0.05) is 29.8 Å². The number of hydrogen-bond donors (Lipinski definition) is 1. The van der Waals surface area contributed by atoms with Crippen molar-refractivity contribution in [2.75, 3.05) is 5.75 Å². The third-order valence-electron chi connectivity index (χ3n) is 3.91. The van der Waals surface area contributed by atoms with Gasteiger partial charge in [0.15, 0.2) is 0 Å². The number of hydrogen-bond acceptors (Lipinski definition) is 5. The van der Waals surface area contributed by atoms with E-state index < -0.39 is 5.97 Å². The first-order chi connectivity index (χ1) is 14.6. The maximum atomic E-state index is 12.0. The number of ether oxygens (including phenoxy) is 1. The Labute approximate surface area is 184 Å². The summed E-state index contributed by atoms with van der Waals surface area (Å²) >= 11 is 7.43. The van der Waals surface area contributed by atoms with Crippen LogP contribution in [0.4, 0.5) is 0 Å². The largest absolute Gasteiger partial charge is 0.423 e. The topological polar surface area (TPSA) is 67.8 Å². The Morgan fingerprint density at radius 1 is 0.967 bits per heavy atom. The summed E-state index contributed by atoms with van der Waals surface area (Å²) in [6.07, 6.45) is 1.88. The summed E-state index contributed by atoms with van der Waals surface area (Å²) in [5, 5.41) is 4.65. The SMILES string of the molecule is O=C(CCSc1ccc(Cl)cc1)N/N=C/c1ccc(OC(=O)c2ccccc2)cc1. The van der Waals surface area contributed by atoms with Gasteiger partial charge in [-0.3, -0.25) is 4.79 Å². The average molecular weight is 439 g/mol. The maximum absolute atomic E-state index is 12.0. The number of rotatable bonds is 8. The second-order valence-electron chi connectivity index (χ2n) is 6.17. The molecule has 0 atom stereocenters. The van der Waals surface area contributed by atoms with Crippen LogP contribution in [0.25, 0.3) is 0 Å². The molecule has 5 nitrogen and oxygen atoms in total. The van der Waals surface area contributed by atoms with E-state index in [1.165, 1.54) is 6.21 Å². The first kappa shape index (κ1) is 21.6. The van der Waals surface area contributed by atoms with Gasteiger partial charge in [0.2, 0.25) is 5.91 Å². The van der Waals surface area contributed by atoms with Gasteiger partial charge in [0, 0.05) is 22.1 Å². The lowest BCUT2D eigenvalue weighted by molar-refractivity contribution is -0.120. The Bertz CT molecular complexity index is 1010. The van der Waals surface area contributed by atoms with Crippen molar-refractivity contribution in [3.8, 4) is 5.75 Å². The summed E-state index contributed by atoms with van der Waals surface area (Å²) in [5.74, 6) is 0.496. The summed E-state index contributed by atoms with van der Waals surface area (Å²) < 4.78 is 5.32. The van der Waals surface area contributed by atoms with Crippen LogP contribution in [0.1, 0.15) is 22.3 Å². The average Bonchev–Trinajstić information content (AvgIpc) is 2.77. The van der Waals surface area contributed by atoms with Crippen molar-refractivity contribution >= 4 is 41.5 Å². The number of hydrazone groups is 1. The molecule has 1 N–H and O–H groups in total. The van der Waals surface area contributed by atoms with Gasteiger partial charge in [-0.15, -0.1) is 11.8 Å². The molecule has 1 amide bonds. The second kappa shape index (κ2) is 11.2. The van der Waals surface area contributed by atoms with E-state index in [0.717, 1.165) is 10.5 Å². The second-order valence-corrected chi connectivity index (χ2v) is 7.77. The van der Waals surface area contributed by atoms with Gasteiger partial charge < -0.3 is 4.74 Å². The number of amides is 1. The van der Waals surface area contributed by atoms with Crippen LogP contribution in [0, 0.1) is 0 Å². The van der Waals surface area contributed by atoms with Crippen molar-refractivity contribution in [2.45, 2.75) is 11.3 Å². The molecule has 152 valence electrons. The van der Waals surface area contributed by atoms with E-state index in [9.17, 15) is 9.59 Å².